The third-order valence-corrected chi connectivity index (χ3v) is 8.36. The maximum atomic E-state index is 13.1. The Morgan fingerprint density at radius 3 is 2.49 bits per heavy atom. The molecule has 0 aliphatic carbocycles. The van der Waals surface area contributed by atoms with E-state index in [1.165, 1.54) is 4.31 Å². The maximum Gasteiger partial charge on any atom is 0.333 e. The molecule has 0 spiro atoms. The first-order valence-electron chi connectivity index (χ1n) is 13.1. The van der Waals surface area contributed by atoms with Crippen LogP contribution in [0.4, 0.5) is 10.5 Å². The average Bonchev–Trinajstić information content (AvgIpc) is 3.22. The lowest BCUT2D eigenvalue weighted by Gasteiger charge is -2.31. The van der Waals surface area contributed by atoms with Gasteiger partial charge in [0.25, 0.3) is 5.56 Å². The van der Waals surface area contributed by atoms with E-state index in [1.807, 2.05) is 18.9 Å². The number of aryl methyl sites for hydroxylation is 1. The number of fused-ring (bicyclic) bond motifs is 1. The van der Waals surface area contributed by atoms with Crippen molar-refractivity contribution in [2.45, 2.75) is 46.5 Å². The van der Waals surface area contributed by atoms with Gasteiger partial charge >= 0.3 is 16.2 Å². The predicted molar refractivity (Wildman–Crippen MR) is 148 cm³/mol. The summed E-state index contributed by atoms with van der Waals surface area (Å²) in [6.07, 6.45) is 1.68. The standard InChI is InChI=1S/C25H36N8O5S/c1-6-17(7-2)23-26-16(4)21-24(34)28-22(29-33(21)23)19-15-18(9-10-20(19)38-8-3)27-25(35)30-39(36,37)32-13-11-31(5)12-14-32/h9-10,15,17H,6-8,11-14H2,1-5H3,(H2,27,30,35)(H,28,29,34). The van der Waals surface area contributed by atoms with Crippen molar-refractivity contribution in [3.63, 3.8) is 0 Å². The summed E-state index contributed by atoms with van der Waals surface area (Å²) in [5, 5.41) is 7.29. The molecule has 4 rings (SSSR count). The number of imidazole rings is 1. The number of likely N-dealkylation sites (N-methyl/N-ethyl adjacent to an activating group) is 1. The molecule has 1 fully saturated rings. The number of aromatic amines is 1. The highest BCUT2D eigenvalue weighted by molar-refractivity contribution is 7.87. The zero-order valence-corrected chi connectivity index (χ0v) is 23.8. The molecule has 3 heterocycles. The summed E-state index contributed by atoms with van der Waals surface area (Å²) < 4.78 is 36.0. The number of hydrogen-bond donors (Lipinski definition) is 3. The molecule has 14 heteroatoms. The molecule has 1 aliphatic rings. The average molecular weight is 561 g/mol. The van der Waals surface area contributed by atoms with Crippen LogP contribution in [0.15, 0.2) is 23.0 Å². The number of H-pyrrole nitrogens is 1. The lowest BCUT2D eigenvalue weighted by atomic mass is 10.0. The molecule has 1 aliphatic heterocycles. The molecule has 0 unspecified atom stereocenters. The van der Waals surface area contributed by atoms with E-state index in [9.17, 15) is 18.0 Å². The van der Waals surface area contributed by atoms with Crippen LogP contribution in [0.5, 0.6) is 5.75 Å². The van der Waals surface area contributed by atoms with E-state index in [4.69, 9.17) is 9.84 Å². The SMILES string of the molecule is CCOc1ccc(NC(=O)NS(=O)(=O)N2CCN(C)CC2)cc1-c1nn2c(C(CC)CC)nc(C)c2c(=O)[nH]1. The quantitative estimate of drug-likeness (QED) is 0.360. The zero-order chi connectivity index (χ0) is 28.3. The summed E-state index contributed by atoms with van der Waals surface area (Å²) >= 11 is 0. The van der Waals surface area contributed by atoms with Gasteiger partial charge in [-0.1, -0.05) is 13.8 Å². The summed E-state index contributed by atoms with van der Waals surface area (Å²) in [5.74, 6) is 1.51. The van der Waals surface area contributed by atoms with E-state index < -0.39 is 16.2 Å². The molecule has 1 saturated heterocycles. The van der Waals surface area contributed by atoms with Gasteiger partial charge in [-0.05, 0) is 51.9 Å². The van der Waals surface area contributed by atoms with Gasteiger partial charge in [-0.2, -0.15) is 12.7 Å². The van der Waals surface area contributed by atoms with Crippen molar-refractivity contribution < 1.29 is 17.9 Å². The Labute approximate surface area is 227 Å². The van der Waals surface area contributed by atoms with Crippen LogP contribution in [0.3, 0.4) is 0 Å². The van der Waals surface area contributed by atoms with Gasteiger partial charge in [0, 0.05) is 37.8 Å². The van der Waals surface area contributed by atoms with Crippen LogP contribution in [0.2, 0.25) is 0 Å². The van der Waals surface area contributed by atoms with Crippen molar-refractivity contribution >= 4 is 27.4 Å². The molecule has 13 nitrogen and oxygen atoms in total. The minimum atomic E-state index is -4.00. The highest BCUT2D eigenvalue weighted by Crippen LogP contribution is 2.31. The van der Waals surface area contributed by atoms with Crippen LogP contribution in [0, 0.1) is 6.92 Å². The molecule has 0 saturated carbocycles. The first-order chi connectivity index (χ1) is 18.6. The van der Waals surface area contributed by atoms with Crippen molar-refractivity contribution in [1.82, 2.24) is 33.5 Å². The monoisotopic (exact) mass is 560 g/mol. The summed E-state index contributed by atoms with van der Waals surface area (Å²) in [7, 11) is -2.09. The van der Waals surface area contributed by atoms with Crippen molar-refractivity contribution in [3.05, 3.63) is 40.1 Å². The van der Waals surface area contributed by atoms with E-state index in [1.54, 1.807) is 29.6 Å². The second kappa shape index (κ2) is 11.7. The summed E-state index contributed by atoms with van der Waals surface area (Å²) in [4.78, 5) is 35.2. The maximum absolute atomic E-state index is 13.1. The van der Waals surface area contributed by atoms with E-state index in [-0.39, 0.29) is 17.3 Å². The molecule has 212 valence electrons. The van der Waals surface area contributed by atoms with Gasteiger partial charge in [-0.25, -0.2) is 19.0 Å². The lowest BCUT2D eigenvalue weighted by molar-refractivity contribution is 0.220. The molecular formula is C25H36N8O5S. The highest BCUT2D eigenvalue weighted by Gasteiger charge is 2.27. The third kappa shape index (κ3) is 6.07. The van der Waals surface area contributed by atoms with E-state index >= 15 is 0 Å². The Balaban J connectivity index is 1.67. The molecule has 39 heavy (non-hydrogen) atoms. The number of carbonyl (C=O) groups is 1. The Kier molecular flexibility index (Phi) is 8.57. The number of anilines is 1. The smallest absolute Gasteiger partial charge is 0.333 e. The van der Waals surface area contributed by atoms with Gasteiger partial charge in [0.05, 0.1) is 17.9 Å². The lowest BCUT2D eigenvalue weighted by Crippen LogP contribution is -2.52. The van der Waals surface area contributed by atoms with Gasteiger partial charge in [-0.15, -0.1) is 5.10 Å². The molecular weight excluding hydrogens is 524 g/mol. The summed E-state index contributed by atoms with van der Waals surface area (Å²) in [5.41, 5.74) is 1.35. The Bertz CT molecular complexity index is 1500. The normalized spacial score (nSPS) is 15.1. The minimum absolute atomic E-state index is 0.124. The number of nitrogens with one attached hydrogen (secondary N) is 3. The predicted octanol–water partition coefficient (Wildman–Crippen LogP) is 2.31. The largest absolute Gasteiger partial charge is 0.493 e. The van der Waals surface area contributed by atoms with Crippen LogP contribution < -0.4 is 20.3 Å². The second-order valence-electron chi connectivity index (χ2n) is 9.54. The van der Waals surface area contributed by atoms with Crippen LogP contribution in [-0.4, -0.2) is 83.1 Å². The number of benzene rings is 1. The minimum Gasteiger partial charge on any atom is -0.493 e. The van der Waals surface area contributed by atoms with Crippen molar-refractivity contribution in [2.75, 3.05) is 45.2 Å². The van der Waals surface area contributed by atoms with Crippen LogP contribution >= 0.6 is 0 Å². The molecule has 0 bridgehead atoms. The Morgan fingerprint density at radius 2 is 1.85 bits per heavy atom. The molecule has 3 N–H and O–H groups in total. The molecule has 2 amide bonds. The van der Waals surface area contributed by atoms with Gasteiger partial charge in [0.15, 0.2) is 11.3 Å². The van der Waals surface area contributed by atoms with Crippen molar-refractivity contribution in [2.24, 2.45) is 0 Å². The van der Waals surface area contributed by atoms with Crippen molar-refractivity contribution in [3.8, 4) is 17.1 Å². The second-order valence-corrected chi connectivity index (χ2v) is 11.2. The highest BCUT2D eigenvalue weighted by atomic mass is 32.2. The van der Waals surface area contributed by atoms with E-state index in [2.05, 4.69) is 33.9 Å². The number of aromatic nitrogens is 4. The van der Waals surface area contributed by atoms with E-state index in [0.717, 1.165) is 12.8 Å². The number of urea groups is 1. The topological polar surface area (TPSA) is 154 Å². The molecule has 2 aromatic heterocycles. The van der Waals surface area contributed by atoms with E-state index in [0.29, 0.717) is 66.8 Å². The molecule has 3 aromatic rings. The number of piperazine rings is 1. The van der Waals surface area contributed by atoms with Crippen molar-refractivity contribution in [1.29, 1.82) is 0 Å². The Morgan fingerprint density at radius 1 is 1.15 bits per heavy atom. The fraction of sp³-hybridized carbons (Fsp3) is 0.520. The number of ether oxygens (including phenoxy) is 1. The van der Waals surface area contributed by atoms with Gasteiger partial charge in [0.2, 0.25) is 0 Å². The van der Waals surface area contributed by atoms with Crippen LogP contribution in [-0.2, 0) is 10.2 Å². The molecule has 1 aromatic carbocycles. The number of hydrogen-bond acceptors (Lipinski definition) is 8. The van der Waals surface area contributed by atoms with Gasteiger partial charge in [-0.3, -0.25) is 4.79 Å². The number of carbonyl (C=O) groups excluding carboxylic acids is 1. The van der Waals surface area contributed by atoms with Crippen LogP contribution in [0.25, 0.3) is 16.9 Å². The third-order valence-electron chi connectivity index (χ3n) is 6.87. The number of rotatable bonds is 9. The fourth-order valence-electron chi connectivity index (χ4n) is 4.67. The number of nitrogens with zero attached hydrogens (tertiary/aromatic N) is 5. The first-order valence-corrected chi connectivity index (χ1v) is 14.6. The fourth-order valence-corrected chi connectivity index (χ4v) is 5.73. The van der Waals surface area contributed by atoms with Crippen LogP contribution in [0.1, 0.15) is 51.0 Å². The summed E-state index contributed by atoms with van der Waals surface area (Å²) in [6.45, 7) is 9.84. The zero-order valence-electron chi connectivity index (χ0n) is 22.9. The summed E-state index contributed by atoms with van der Waals surface area (Å²) in [6, 6.07) is 3.90. The van der Waals surface area contributed by atoms with Gasteiger partial charge in [0.1, 0.15) is 11.6 Å². The molecule has 0 atom stereocenters. The Hall–Kier alpha value is -3.49. The number of amides is 2. The first kappa shape index (κ1) is 28.5. The molecule has 0 radical (unpaired) electrons. The van der Waals surface area contributed by atoms with Gasteiger partial charge < -0.3 is 19.9 Å².